The molecule has 0 radical (unpaired) electrons. The van der Waals surface area contributed by atoms with E-state index in [0.29, 0.717) is 11.4 Å². The van der Waals surface area contributed by atoms with Gasteiger partial charge in [0.1, 0.15) is 0 Å². The Hall–Kier alpha value is -1.30. The van der Waals surface area contributed by atoms with E-state index in [9.17, 15) is 8.42 Å². The maximum Gasteiger partial charge on any atom is 0.243 e. The third-order valence-electron chi connectivity index (χ3n) is 3.99. The van der Waals surface area contributed by atoms with Crippen molar-refractivity contribution >= 4 is 21.8 Å². The number of hydrogen-bond donors (Lipinski definition) is 0. The van der Waals surface area contributed by atoms with E-state index in [2.05, 4.69) is 32.9 Å². The number of benzene rings is 2. The molecule has 0 unspecified atom stereocenters. The highest BCUT2D eigenvalue weighted by Gasteiger charge is 2.21. The second kappa shape index (κ2) is 7.30. The van der Waals surface area contributed by atoms with Crippen molar-refractivity contribution in [1.29, 1.82) is 0 Å². The molecule has 0 bridgehead atoms. The van der Waals surface area contributed by atoms with Crippen LogP contribution in [0.4, 0.5) is 0 Å². The molecule has 0 aliphatic carbocycles. The van der Waals surface area contributed by atoms with Gasteiger partial charge in [0.2, 0.25) is 10.0 Å². The molecule has 2 aromatic rings. The normalized spacial score (nSPS) is 12.6. The van der Waals surface area contributed by atoms with Crippen molar-refractivity contribution in [1.82, 2.24) is 4.31 Å². The first-order valence-electron chi connectivity index (χ1n) is 7.84. The fraction of sp³-hybridized carbons (Fsp3) is 0.368. The third kappa shape index (κ3) is 4.41. The van der Waals surface area contributed by atoms with Gasteiger partial charge in [-0.1, -0.05) is 45.0 Å². The molecule has 5 heteroatoms. The summed E-state index contributed by atoms with van der Waals surface area (Å²) in [5.41, 5.74) is 2.31. The molecule has 2 rings (SSSR count). The lowest BCUT2D eigenvalue weighted by Gasteiger charge is -2.21. The zero-order chi connectivity index (χ0) is 18.0. The van der Waals surface area contributed by atoms with Crippen LogP contribution < -0.4 is 0 Å². The molecule has 0 spiro atoms. The fourth-order valence-electron chi connectivity index (χ4n) is 2.38. The summed E-state index contributed by atoms with van der Waals surface area (Å²) in [7, 11) is -1.86. The highest BCUT2D eigenvalue weighted by molar-refractivity contribution is 7.98. The van der Waals surface area contributed by atoms with Gasteiger partial charge in [-0.15, -0.1) is 11.8 Å². The molecular weight excluding hydrogens is 338 g/mol. The lowest BCUT2D eigenvalue weighted by Crippen LogP contribution is -2.26. The number of rotatable bonds is 5. The molecule has 0 aliphatic rings. The first-order valence-corrected chi connectivity index (χ1v) is 10.5. The molecule has 0 saturated carbocycles. The lowest BCUT2D eigenvalue weighted by atomic mass is 9.87. The van der Waals surface area contributed by atoms with Crippen molar-refractivity contribution in [2.24, 2.45) is 0 Å². The molecule has 0 aromatic heterocycles. The summed E-state index contributed by atoms with van der Waals surface area (Å²) in [6, 6.07) is 15.2. The molecular formula is C19H25NO2S2. The molecule has 0 amide bonds. The van der Waals surface area contributed by atoms with E-state index in [0.717, 1.165) is 10.5 Å². The van der Waals surface area contributed by atoms with E-state index in [1.807, 2.05) is 30.5 Å². The van der Waals surface area contributed by atoms with Crippen LogP contribution in [0.25, 0.3) is 0 Å². The molecule has 130 valence electrons. The zero-order valence-corrected chi connectivity index (χ0v) is 16.5. The van der Waals surface area contributed by atoms with Gasteiger partial charge in [-0.2, -0.15) is 4.31 Å². The zero-order valence-electron chi connectivity index (χ0n) is 14.9. The van der Waals surface area contributed by atoms with E-state index in [4.69, 9.17) is 0 Å². The quantitative estimate of drug-likeness (QED) is 0.733. The summed E-state index contributed by atoms with van der Waals surface area (Å²) < 4.78 is 26.8. The van der Waals surface area contributed by atoms with Gasteiger partial charge in [-0.25, -0.2) is 8.42 Å². The van der Waals surface area contributed by atoms with Gasteiger partial charge in [0.15, 0.2) is 0 Å². The summed E-state index contributed by atoms with van der Waals surface area (Å²) in [4.78, 5) is 1.38. The van der Waals surface area contributed by atoms with Gasteiger partial charge >= 0.3 is 0 Å². The molecule has 24 heavy (non-hydrogen) atoms. The Labute approximate surface area is 150 Å². The van der Waals surface area contributed by atoms with Crippen LogP contribution in [-0.2, 0) is 22.0 Å². The van der Waals surface area contributed by atoms with Gasteiger partial charge in [0.25, 0.3) is 0 Å². The van der Waals surface area contributed by atoms with Crippen LogP contribution in [0, 0.1) is 0 Å². The van der Waals surface area contributed by atoms with Crippen molar-refractivity contribution < 1.29 is 8.42 Å². The van der Waals surface area contributed by atoms with E-state index < -0.39 is 10.0 Å². The van der Waals surface area contributed by atoms with Gasteiger partial charge in [-0.3, -0.25) is 0 Å². The van der Waals surface area contributed by atoms with Crippen LogP contribution in [-0.4, -0.2) is 26.0 Å². The summed E-state index contributed by atoms with van der Waals surface area (Å²) in [6.45, 7) is 6.85. The fourth-order valence-corrected chi connectivity index (χ4v) is 3.95. The second-order valence-corrected chi connectivity index (χ2v) is 9.81. The molecule has 0 heterocycles. The van der Waals surface area contributed by atoms with Crippen LogP contribution in [0.1, 0.15) is 31.9 Å². The Morgan fingerprint density at radius 3 is 1.96 bits per heavy atom. The Bertz CT molecular complexity index is 774. The van der Waals surface area contributed by atoms with Crippen molar-refractivity contribution in [2.75, 3.05) is 13.3 Å². The van der Waals surface area contributed by atoms with Crippen molar-refractivity contribution in [3.63, 3.8) is 0 Å². The predicted molar refractivity (Wildman–Crippen MR) is 102 cm³/mol. The molecule has 0 N–H and O–H groups in total. The van der Waals surface area contributed by atoms with E-state index in [-0.39, 0.29) is 5.41 Å². The highest BCUT2D eigenvalue weighted by atomic mass is 32.2. The van der Waals surface area contributed by atoms with Gasteiger partial charge in [-0.05, 0) is 47.1 Å². The maximum atomic E-state index is 12.7. The Morgan fingerprint density at radius 2 is 1.50 bits per heavy atom. The molecule has 2 aromatic carbocycles. The highest BCUT2D eigenvalue weighted by Crippen LogP contribution is 2.24. The largest absolute Gasteiger partial charge is 0.243 e. The summed E-state index contributed by atoms with van der Waals surface area (Å²) in [6.07, 6.45) is 1.97. The Morgan fingerprint density at radius 1 is 0.958 bits per heavy atom. The number of sulfonamides is 1. The molecule has 0 atom stereocenters. The van der Waals surface area contributed by atoms with E-state index in [1.54, 1.807) is 30.9 Å². The van der Waals surface area contributed by atoms with Crippen LogP contribution in [0.15, 0.2) is 58.3 Å². The van der Waals surface area contributed by atoms with E-state index in [1.165, 1.54) is 9.87 Å². The standard InChI is InChI=1S/C19H25NO2S2/c1-19(2,3)16-8-6-15(7-9-16)14-20(4)24(21,22)18-12-10-17(23-5)11-13-18/h6-13H,14H2,1-5H3. The lowest BCUT2D eigenvalue weighted by molar-refractivity contribution is 0.466. The monoisotopic (exact) mass is 363 g/mol. The van der Waals surface area contributed by atoms with Gasteiger partial charge in [0.05, 0.1) is 4.90 Å². The summed E-state index contributed by atoms with van der Waals surface area (Å²) >= 11 is 1.59. The molecule has 0 fully saturated rings. The molecule has 0 saturated heterocycles. The average Bonchev–Trinajstić information content (AvgIpc) is 2.54. The number of hydrogen-bond acceptors (Lipinski definition) is 3. The van der Waals surface area contributed by atoms with Crippen molar-refractivity contribution in [3.05, 3.63) is 59.7 Å². The van der Waals surface area contributed by atoms with Gasteiger partial charge in [0, 0.05) is 18.5 Å². The number of thioether (sulfide) groups is 1. The van der Waals surface area contributed by atoms with Crippen molar-refractivity contribution in [2.45, 2.75) is 42.5 Å². The minimum atomic E-state index is -3.48. The van der Waals surface area contributed by atoms with E-state index >= 15 is 0 Å². The first kappa shape index (κ1) is 19.0. The Kier molecular flexibility index (Phi) is 5.78. The smallest absolute Gasteiger partial charge is 0.207 e. The minimum Gasteiger partial charge on any atom is -0.207 e. The van der Waals surface area contributed by atoms with Crippen LogP contribution >= 0.6 is 11.8 Å². The van der Waals surface area contributed by atoms with Crippen molar-refractivity contribution in [3.8, 4) is 0 Å². The third-order valence-corrected chi connectivity index (χ3v) is 6.55. The number of nitrogens with zero attached hydrogens (tertiary/aromatic N) is 1. The predicted octanol–water partition coefficient (Wildman–Crippen LogP) is 4.53. The molecule has 0 aliphatic heterocycles. The molecule has 3 nitrogen and oxygen atoms in total. The average molecular weight is 364 g/mol. The minimum absolute atomic E-state index is 0.0928. The topological polar surface area (TPSA) is 37.4 Å². The Balaban J connectivity index is 2.16. The van der Waals surface area contributed by atoms with Gasteiger partial charge < -0.3 is 0 Å². The second-order valence-electron chi connectivity index (χ2n) is 6.88. The van der Waals surface area contributed by atoms with Crippen LogP contribution in [0.5, 0.6) is 0 Å². The summed E-state index contributed by atoms with van der Waals surface area (Å²) in [5, 5.41) is 0. The SMILES string of the molecule is CSc1ccc(S(=O)(=O)N(C)Cc2ccc(C(C)(C)C)cc2)cc1. The maximum absolute atomic E-state index is 12.7. The first-order chi connectivity index (χ1) is 11.1. The van der Waals surface area contributed by atoms with Crippen LogP contribution in [0.2, 0.25) is 0 Å². The van der Waals surface area contributed by atoms with Crippen LogP contribution in [0.3, 0.4) is 0 Å². The summed E-state index contributed by atoms with van der Waals surface area (Å²) in [5.74, 6) is 0.